The Hall–Kier alpha value is -2.33. The Morgan fingerprint density at radius 3 is 2.35 bits per heavy atom. The topological polar surface area (TPSA) is 82.7 Å². The van der Waals surface area contributed by atoms with Gasteiger partial charge in [-0.05, 0) is 22.7 Å². The first-order valence-corrected chi connectivity index (χ1v) is 10.8. The van der Waals surface area contributed by atoms with Crippen LogP contribution in [0.5, 0.6) is 0 Å². The fourth-order valence-corrected chi connectivity index (χ4v) is 4.38. The number of aliphatic hydroxyl groups is 1. The van der Waals surface area contributed by atoms with Gasteiger partial charge in [0.1, 0.15) is 13.1 Å². The lowest BCUT2D eigenvalue weighted by molar-refractivity contribution is -0.552. The van der Waals surface area contributed by atoms with Gasteiger partial charge in [0.2, 0.25) is 0 Å². The molecule has 2 saturated heterocycles. The van der Waals surface area contributed by atoms with Crippen LogP contribution in [0.1, 0.15) is 5.56 Å². The van der Waals surface area contributed by atoms with Crippen molar-refractivity contribution in [2.75, 3.05) is 60.0 Å². The molecule has 0 aromatic heterocycles. The number of halogens is 1. The number of carbonyl (C=O) groups is 2. The average Bonchev–Trinajstić information content (AvgIpc) is 3.12. The zero-order chi connectivity index (χ0) is 22.1. The number of rotatable bonds is 6. The van der Waals surface area contributed by atoms with E-state index in [1.54, 1.807) is 7.05 Å². The van der Waals surface area contributed by atoms with Crippen molar-refractivity contribution in [3.8, 4) is 0 Å². The van der Waals surface area contributed by atoms with Crippen molar-refractivity contribution in [1.82, 2.24) is 19.6 Å². The van der Waals surface area contributed by atoms with Crippen molar-refractivity contribution in [3.05, 3.63) is 34.9 Å². The molecule has 0 spiro atoms. The average molecular weight is 448 g/mol. The molecule has 3 amide bonds. The molecule has 0 radical (unpaired) electrons. The molecule has 1 aromatic carbocycles. The molecule has 1 atom stereocenters. The first kappa shape index (κ1) is 21.9. The number of benzene rings is 1. The standard InChI is InChI=1S/C21H28ClN6O3/c1-24-19-18(20(30)25(2)21(24)31)28(13-15-3-5-16(22)6-4-15)17(23-19)14-27-9-7-26(8-10-27)11-12-29/h3-6,18,29H,7-14H2,1-2H3/q+1. The number of hydrogen-bond donors (Lipinski definition) is 1. The highest BCUT2D eigenvalue weighted by Crippen LogP contribution is 2.22. The summed E-state index contributed by atoms with van der Waals surface area (Å²) in [5.41, 5.74) is 1.01. The van der Waals surface area contributed by atoms with Crippen LogP contribution in [0.2, 0.25) is 5.02 Å². The first-order valence-electron chi connectivity index (χ1n) is 10.5. The minimum Gasteiger partial charge on any atom is -0.395 e. The molecule has 9 nitrogen and oxygen atoms in total. The van der Waals surface area contributed by atoms with Gasteiger partial charge in [-0.15, -0.1) is 0 Å². The van der Waals surface area contributed by atoms with E-state index in [2.05, 4.69) is 9.80 Å². The molecule has 3 aliphatic rings. The molecule has 4 rings (SSSR count). The Bertz CT molecular complexity index is 924. The molecule has 10 heteroatoms. The fraction of sp³-hybridized carbons (Fsp3) is 0.524. The molecule has 31 heavy (non-hydrogen) atoms. The summed E-state index contributed by atoms with van der Waals surface area (Å²) in [6.07, 6.45) is 0. The Balaban J connectivity index is 1.61. The third-order valence-electron chi connectivity index (χ3n) is 6.13. The monoisotopic (exact) mass is 447 g/mol. The van der Waals surface area contributed by atoms with Crippen molar-refractivity contribution in [1.29, 1.82) is 0 Å². The van der Waals surface area contributed by atoms with Gasteiger partial charge in [0, 0.05) is 51.8 Å². The molecule has 0 bridgehead atoms. The van der Waals surface area contributed by atoms with E-state index >= 15 is 0 Å². The Kier molecular flexibility index (Phi) is 6.38. The summed E-state index contributed by atoms with van der Waals surface area (Å²) < 4.78 is 2.00. The predicted octanol–water partition coefficient (Wildman–Crippen LogP) is 0.165. The van der Waals surface area contributed by atoms with E-state index in [0.717, 1.165) is 42.5 Å². The number of fused-ring (bicyclic) bond motifs is 1. The number of carbonyl (C=O) groups excluding carboxylic acids is 2. The second-order valence-corrected chi connectivity index (χ2v) is 8.56. The van der Waals surface area contributed by atoms with Crippen LogP contribution in [0.25, 0.3) is 0 Å². The number of aliphatic imine (C=N–C) groups is 1. The highest BCUT2D eigenvalue weighted by atomic mass is 35.5. The van der Waals surface area contributed by atoms with Gasteiger partial charge in [0.15, 0.2) is 0 Å². The molecule has 3 aliphatic heterocycles. The number of nitrogens with zero attached hydrogens (tertiary/aromatic N) is 6. The number of urea groups is 1. The summed E-state index contributed by atoms with van der Waals surface area (Å²) in [6, 6.07) is 6.56. The predicted molar refractivity (Wildman–Crippen MR) is 118 cm³/mol. The lowest BCUT2D eigenvalue weighted by Gasteiger charge is -2.33. The maximum atomic E-state index is 13.0. The first-order chi connectivity index (χ1) is 14.9. The van der Waals surface area contributed by atoms with Crippen LogP contribution >= 0.6 is 11.6 Å². The third kappa shape index (κ3) is 4.36. The number of amidine groups is 2. The van der Waals surface area contributed by atoms with Crippen LogP contribution in [0.15, 0.2) is 29.3 Å². The van der Waals surface area contributed by atoms with Crippen molar-refractivity contribution >= 4 is 35.2 Å². The van der Waals surface area contributed by atoms with E-state index < -0.39 is 6.04 Å². The number of β-amino-alcohol motifs (C(OH)–C–C–N with tert-alkyl or cyclic N) is 1. The van der Waals surface area contributed by atoms with Crippen molar-refractivity contribution < 1.29 is 19.3 Å². The van der Waals surface area contributed by atoms with Gasteiger partial charge < -0.3 is 5.11 Å². The summed E-state index contributed by atoms with van der Waals surface area (Å²) >= 11 is 6.04. The summed E-state index contributed by atoms with van der Waals surface area (Å²) in [7, 11) is 3.17. The summed E-state index contributed by atoms with van der Waals surface area (Å²) in [5.74, 6) is 1.00. The molecule has 166 valence electrons. The zero-order valence-electron chi connectivity index (χ0n) is 17.9. The second-order valence-electron chi connectivity index (χ2n) is 8.12. The lowest BCUT2D eigenvalue weighted by Crippen LogP contribution is -2.61. The molecule has 2 fully saturated rings. The second kappa shape index (κ2) is 9.04. The largest absolute Gasteiger partial charge is 0.395 e. The van der Waals surface area contributed by atoms with Crippen LogP contribution < -0.4 is 0 Å². The van der Waals surface area contributed by atoms with E-state index in [9.17, 15) is 9.59 Å². The number of amides is 3. The van der Waals surface area contributed by atoms with Crippen LogP contribution in [-0.2, 0) is 11.3 Å². The van der Waals surface area contributed by atoms with E-state index in [4.69, 9.17) is 21.7 Å². The third-order valence-corrected chi connectivity index (χ3v) is 6.38. The summed E-state index contributed by atoms with van der Waals surface area (Å²) in [5, 5.41) is 9.82. The zero-order valence-corrected chi connectivity index (χ0v) is 18.6. The van der Waals surface area contributed by atoms with E-state index in [0.29, 0.717) is 30.5 Å². The highest BCUT2D eigenvalue weighted by Gasteiger charge is 2.53. The fourth-order valence-electron chi connectivity index (χ4n) is 4.26. The molecular formula is C21H28ClN6O3+. The molecule has 1 unspecified atom stereocenters. The summed E-state index contributed by atoms with van der Waals surface area (Å²) in [4.78, 5) is 37.4. The van der Waals surface area contributed by atoms with Gasteiger partial charge in [-0.1, -0.05) is 23.7 Å². The molecular weight excluding hydrogens is 420 g/mol. The molecule has 3 heterocycles. The lowest BCUT2D eigenvalue weighted by atomic mass is 10.1. The molecule has 1 aromatic rings. The Morgan fingerprint density at radius 2 is 1.71 bits per heavy atom. The quantitative estimate of drug-likeness (QED) is 0.628. The van der Waals surface area contributed by atoms with Crippen LogP contribution in [0.4, 0.5) is 4.79 Å². The van der Waals surface area contributed by atoms with E-state index in [1.165, 1.54) is 11.9 Å². The van der Waals surface area contributed by atoms with Crippen molar-refractivity contribution in [2.24, 2.45) is 4.99 Å². The van der Waals surface area contributed by atoms with Gasteiger partial charge >= 0.3 is 11.9 Å². The number of imide groups is 1. The van der Waals surface area contributed by atoms with Gasteiger partial charge in [-0.3, -0.25) is 24.4 Å². The summed E-state index contributed by atoms with van der Waals surface area (Å²) in [6.45, 7) is 5.42. The molecule has 1 N–H and O–H groups in total. The smallest absolute Gasteiger partial charge is 0.333 e. The maximum Gasteiger partial charge on any atom is 0.333 e. The Labute approximate surface area is 186 Å². The molecule has 0 aliphatic carbocycles. The normalized spacial score (nSPS) is 23.0. The Morgan fingerprint density at radius 1 is 1.06 bits per heavy atom. The SMILES string of the molecule is CN1C(=O)C2C(=NC(CN3CCN(CCO)CC3)=[N+]2Cc2ccc(Cl)cc2)N(C)C1=O. The minimum absolute atomic E-state index is 0.164. The number of aliphatic hydroxyl groups excluding tert-OH is 1. The van der Waals surface area contributed by atoms with Gasteiger partial charge in [-0.2, -0.15) is 0 Å². The number of piperazine rings is 1. The number of likely N-dealkylation sites (N-methyl/N-ethyl adjacent to an activating group) is 2. The van der Waals surface area contributed by atoms with Crippen LogP contribution in [0.3, 0.4) is 0 Å². The van der Waals surface area contributed by atoms with Crippen molar-refractivity contribution in [3.63, 3.8) is 0 Å². The van der Waals surface area contributed by atoms with Gasteiger partial charge in [0.25, 0.3) is 17.8 Å². The van der Waals surface area contributed by atoms with Crippen LogP contribution in [-0.4, -0.2) is 119 Å². The van der Waals surface area contributed by atoms with Gasteiger partial charge in [-0.25, -0.2) is 9.37 Å². The van der Waals surface area contributed by atoms with Crippen LogP contribution in [0, 0.1) is 0 Å². The van der Waals surface area contributed by atoms with Crippen molar-refractivity contribution in [2.45, 2.75) is 12.6 Å². The minimum atomic E-state index is -0.617. The molecule has 0 saturated carbocycles. The van der Waals surface area contributed by atoms with E-state index in [-0.39, 0.29) is 18.5 Å². The van der Waals surface area contributed by atoms with E-state index in [1.807, 2.05) is 28.8 Å². The maximum absolute atomic E-state index is 13.0. The number of hydrogen-bond acceptors (Lipinski definition) is 6. The highest BCUT2D eigenvalue weighted by molar-refractivity contribution is 6.30. The van der Waals surface area contributed by atoms with Gasteiger partial charge in [0.05, 0.1) is 6.61 Å².